The molecule has 0 saturated carbocycles. The van der Waals surface area contributed by atoms with Crippen molar-refractivity contribution in [3.63, 3.8) is 0 Å². The third kappa shape index (κ3) is 5.12. The van der Waals surface area contributed by atoms with Gasteiger partial charge in [0.1, 0.15) is 5.75 Å². The lowest BCUT2D eigenvalue weighted by molar-refractivity contribution is -0.274. The topological polar surface area (TPSA) is 83.6 Å². The molecule has 7 nitrogen and oxygen atoms in total. The summed E-state index contributed by atoms with van der Waals surface area (Å²) in [6.45, 7) is 2.81. The van der Waals surface area contributed by atoms with Gasteiger partial charge in [0, 0.05) is 18.5 Å². The van der Waals surface area contributed by atoms with Crippen LogP contribution in [0.25, 0.3) is 0 Å². The van der Waals surface area contributed by atoms with Gasteiger partial charge in [-0.3, -0.25) is 9.69 Å². The zero-order chi connectivity index (χ0) is 20.3. The summed E-state index contributed by atoms with van der Waals surface area (Å²) in [6, 6.07) is 4.68. The van der Waals surface area contributed by atoms with Crippen LogP contribution in [-0.4, -0.2) is 36.4 Å². The van der Waals surface area contributed by atoms with Crippen LogP contribution < -0.4 is 20.3 Å². The van der Waals surface area contributed by atoms with Crippen molar-refractivity contribution in [2.75, 3.05) is 18.0 Å². The molecule has 28 heavy (non-hydrogen) atoms. The summed E-state index contributed by atoms with van der Waals surface area (Å²) in [7, 11) is 0. The van der Waals surface area contributed by atoms with Crippen LogP contribution in [0, 0.1) is 0 Å². The summed E-state index contributed by atoms with van der Waals surface area (Å²) in [5, 5.41) is 7.70. The van der Waals surface area contributed by atoms with Gasteiger partial charge in [0.2, 0.25) is 5.91 Å². The number of carbonyl (C=O) groups excluding carboxylic acids is 2. The zero-order valence-corrected chi connectivity index (χ0v) is 15.6. The molecule has 2 N–H and O–H groups in total. The molecule has 0 bridgehead atoms. The van der Waals surface area contributed by atoms with E-state index in [2.05, 4.69) is 20.4 Å². The number of thiazole rings is 1. The second-order valence-electron chi connectivity index (χ2n) is 6.09. The number of carbonyl (C=O) groups is 2. The molecule has 1 aromatic carbocycles. The molecule has 3 amide bonds. The smallest absolute Gasteiger partial charge is 0.406 e. The van der Waals surface area contributed by atoms with Crippen molar-refractivity contribution in [2.24, 2.45) is 0 Å². The van der Waals surface area contributed by atoms with Crippen LogP contribution in [0.5, 0.6) is 5.75 Å². The standard InChI is InChI=1S/C17H17F3N4O3S/c1-10(11-2-4-13(5-3-11)27-17(18,19)20)22-14(25)8-12-9-28-16(23-12)24-7-6-21-15(24)26/h2-5,9-10H,6-8H2,1H3,(H,21,26)(H,22,25). The molecule has 0 radical (unpaired) electrons. The van der Waals surface area contributed by atoms with Crippen molar-refractivity contribution in [1.29, 1.82) is 0 Å². The molecular weight excluding hydrogens is 397 g/mol. The van der Waals surface area contributed by atoms with Crippen molar-refractivity contribution >= 4 is 28.4 Å². The summed E-state index contributed by atoms with van der Waals surface area (Å²) >= 11 is 1.28. The quantitative estimate of drug-likeness (QED) is 0.761. The molecular formula is C17H17F3N4O3S. The number of anilines is 1. The fourth-order valence-corrected chi connectivity index (χ4v) is 3.50. The highest BCUT2D eigenvalue weighted by Gasteiger charge is 2.31. The maximum absolute atomic E-state index is 12.2. The minimum atomic E-state index is -4.75. The first-order chi connectivity index (χ1) is 13.2. The molecule has 1 fully saturated rings. The Bertz CT molecular complexity index is 854. The first-order valence-corrected chi connectivity index (χ1v) is 9.24. The van der Waals surface area contributed by atoms with Crippen molar-refractivity contribution in [3.05, 3.63) is 40.9 Å². The first kappa shape index (κ1) is 19.9. The van der Waals surface area contributed by atoms with E-state index in [9.17, 15) is 22.8 Å². The molecule has 3 rings (SSSR count). The zero-order valence-electron chi connectivity index (χ0n) is 14.7. The third-order valence-electron chi connectivity index (χ3n) is 3.96. The van der Waals surface area contributed by atoms with Gasteiger partial charge in [0.05, 0.1) is 18.2 Å². The highest BCUT2D eigenvalue weighted by atomic mass is 32.1. The summed E-state index contributed by atoms with van der Waals surface area (Å²) in [5.41, 5.74) is 1.17. The summed E-state index contributed by atoms with van der Waals surface area (Å²) in [4.78, 5) is 29.7. The average Bonchev–Trinajstić information content (AvgIpc) is 3.22. The van der Waals surface area contributed by atoms with E-state index in [1.54, 1.807) is 12.3 Å². The van der Waals surface area contributed by atoms with Gasteiger partial charge in [0.15, 0.2) is 5.13 Å². The van der Waals surface area contributed by atoms with Gasteiger partial charge in [0.25, 0.3) is 0 Å². The normalized spacial score (nSPS) is 15.3. The van der Waals surface area contributed by atoms with Crippen molar-refractivity contribution in [3.8, 4) is 5.75 Å². The maximum atomic E-state index is 12.2. The van der Waals surface area contributed by atoms with Gasteiger partial charge in [-0.05, 0) is 24.6 Å². The lowest BCUT2D eigenvalue weighted by Gasteiger charge is -2.15. The number of aromatic nitrogens is 1. The summed E-state index contributed by atoms with van der Waals surface area (Å²) < 4.78 is 40.4. The van der Waals surface area contributed by atoms with E-state index in [0.717, 1.165) is 0 Å². The van der Waals surface area contributed by atoms with E-state index in [4.69, 9.17) is 0 Å². The van der Waals surface area contributed by atoms with Crippen LogP contribution in [0.2, 0.25) is 0 Å². The van der Waals surface area contributed by atoms with Crippen LogP contribution in [-0.2, 0) is 11.2 Å². The number of alkyl halides is 3. The number of rotatable bonds is 6. The Hall–Kier alpha value is -2.82. The Balaban J connectivity index is 1.54. The number of halogens is 3. The molecule has 11 heteroatoms. The van der Waals surface area contributed by atoms with Gasteiger partial charge < -0.3 is 15.4 Å². The van der Waals surface area contributed by atoms with E-state index in [-0.39, 0.29) is 24.1 Å². The van der Waals surface area contributed by atoms with E-state index in [1.165, 1.54) is 40.5 Å². The molecule has 1 atom stereocenters. The van der Waals surface area contributed by atoms with Gasteiger partial charge in [-0.25, -0.2) is 9.78 Å². The van der Waals surface area contributed by atoms with E-state index in [0.29, 0.717) is 29.5 Å². The molecule has 0 aliphatic carbocycles. The van der Waals surface area contributed by atoms with Crippen molar-refractivity contribution in [2.45, 2.75) is 25.7 Å². The molecule has 1 aromatic heterocycles. The number of hydrogen-bond acceptors (Lipinski definition) is 5. The Morgan fingerprint density at radius 2 is 2.11 bits per heavy atom. The maximum Gasteiger partial charge on any atom is 0.573 e. The first-order valence-electron chi connectivity index (χ1n) is 8.36. The SMILES string of the molecule is CC(NC(=O)Cc1csc(N2CCNC2=O)n1)c1ccc(OC(F)(F)F)cc1. The number of nitrogens with one attached hydrogen (secondary N) is 2. The van der Waals surface area contributed by atoms with E-state index < -0.39 is 12.4 Å². The van der Waals surface area contributed by atoms with Crippen LogP contribution >= 0.6 is 11.3 Å². The molecule has 2 heterocycles. The molecule has 1 aliphatic heterocycles. The van der Waals surface area contributed by atoms with Crippen LogP contribution in [0.1, 0.15) is 24.2 Å². The van der Waals surface area contributed by atoms with Crippen molar-refractivity contribution in [1.82, 2.24) is 15.6 Å². The molecule has 1 unspecified atom stereocenters. The van der Waals surface area contributed by atoms with Gasteiger partial charge in [-0.15, -0.1) is 24.5 Å². The molecule has 1 saturated heterocycles. The van der Waals surface area contributed by atoms with E-state index in [1.807, 2.05) is 0 Å². The van der Waals surface area contributed by atoms with Gasteiger partial charge >= 0.3 is 12.4 Å². The second-order valence-corrected chi connectivity index (χ2v) is 6.92. The fraction of sp³-hybridized carbons (Fsp3) is 0.353. The number of hydrogen-bond donors (Lipinski definition) is 2. The fourth-order valence-electron chi connectivity index (χ4n) is 2.65. The monoisotopic (exact) mass is 414 g/mol. The lowest BCUT2D eigenvalue weighted by Crippen LogP contribution is -2.29. The Morgan fingerprint density at radius 3 is 2.71 bits per heavy atom. The number of amides is 3. The lowest BCUT2D eigenvalue weighted by atomic mass is 10.1. The highest BCUT2D eigenvalue weighted by Crippen LogP contribution is 2.25. The highest BCUT2D eigenvalue weighted by molar-refractivity contribution is 7.14. The van der Waals surface area contributed by atoms with Crippen LogP contribution in [0.3, 0.4) is 0 Å². The van der Waals surface area contributed by atoms with E-state index >= 15 is 0 Å². The number of nitrogens with zero attached hydrogens (tertiary/aromatic N) is 2. The summed E-state index contributed by atoms with van der Waals surface area (Å²) in [6.07, 6.45) is -4.71. The van der Waals surface area contributed by atoms with Crippen molar-refractivity contribution < 1.29 is 27.5 Å². The van der Waals surface area contributed by atoms with Gasteiger partial charge in [-0.2, -0.15) is 0 Å². The molecule has 2 aromatic rings. The minimum absolute atomic E-state index is 0.0333. The van der Waals surface area contributed by atoms with Crippen LogP contribution in [0.15, 0.2) is 29.6 Å². The number of ether oxygens (including phenoxy) is 1. The number of urea groups is 1. The van der Waals surface area contributed by atoms with Crippen LogP contribution in [0.4, 0.5) is 23.1 Å². The Kier molecular flexibility index (Phi) is 5.73. The predicted molar refractivity (Wildman–Crippen MR) is 96.2 cm³/mol. The largest absolute Gasteiger partial charge is 0.573 e. The predicted octanol–water partition coefficient (Wildman–Crippen LogP) is 2.99. The molecule has 150 valence electrons. The molecule has 1 aliphatic rings. The third-order valence-corrected chi connectivity index (χ3v) is 4.87. The number of benzene rings is 1. The summed E-state index contributed by atoms with van der Waals surface area (Å²) in [5.74, 6) is -0.610. The minimum Gasteiger partial charge on any atom is -0.406 e. The second kappa shape index (κ2) is 8.05. The Morgan fingerprint density at radius 1 is 1.39 bits per heavy atom. The van der Waals surface area contributed by atoms with Gasteiger partial charge in [-0.1, -0.05) is 12.1 Å². The average molecular weight is 414 g/mol. The Labute approximate surface area is 162 Å². The molecule has 0 spiro atoms.